The van der Waals surface area contributed by atoms with Crippen LogP contribution in [0, 0.1) is 0 Å². The van der Waals surface area contributed by atoms with Crippen LogP contribution in [-0.2, 0) is 9.53 Å². The van der Waals surface area contributed by atoms with Crippen molar-refractivity contribution in [3.8, 4) is 0 Å². The minimum atomic E-state index is 0.00354. The van der Waals surface area contributed by atoms with E-state index < -0.39 is 0 Å². The van der Waals surface area contributed by atoms with Crippen LogP contribution in [-0.4, -0.2) is 48.9 Å². The number of hydrogen-bond donors (Lipinski definition) is 1. The molecule has 6 heteroatoms. The van der Waals surface area contributed by atoms with Crippen LogP contribution < -0.4 is 5.32 Å². The maximum Gasteiger partial charge on any atom is 0.230 e. The third-order valence-corrected chi connectivity index (χ3v) is 5.89. The van der Waals surface area contributed by atoms with Crippen molar-refractivity contribution in [2.75, 3.05) is 32.1 Å². The number of carbonyl (C=O) groups excluding carboxylic acids is 1. The molecule has 4 nitrogen and oxygen atoms in total. The Bertz CT molecular complexity index is 721. The molecular formula is C21H25ClN2O2S. The number of nitrogens with zero attached hydrogens (tertiary/aromatic N) is 1. The highest BCUT2D eigenvalue weighted by Crippen LogP contribution is 2.26. The van der Waals surface area contributed by atoms with Gasteiger partial charge in [-0.05, 0) is 36.8 Å². The molecule has 1 amide bonds. The van der Waals surface area contributed by atoms with E-state index in [2.05, 4.69) is 29.3 Å². The highest BCUT2D eigenvalue weighted by molar-refractivity contribution is 8.00. The third kappa shape index (κ3) is 5.98. The standard InChI is InChI=1S/C21H25ClN2O2S/c1-16(23-20(25)15-27-19-9-7-18(22)8-10-19)21(17-5-3-2-4-6-17)24-11-13-26-14-12-24/h2-10,16,21H,11-15H2,1H3,(H,23,25)/t16-,21-/m0/s1. The van der Waals surface area contributed by atoms with Crippen molar-refractivity contribution in [2.45, 2.75) is 23.9 Å². The number of thioether (sulfide) groups is 1. The molecule has 0 unspecified atom stereocenters. The second-order valence-electron chi connectivity index (χ2n) is 6.60. The zero-order valence-electron chi connectivity index (χ0n) is 15.4. The summed E-state index contributed by atoms with van der Waals surface area (Å²) < 4.78 is 5.50. The van der Waals surface area contributed by atoms with E-state index >= 15 is 0 Å². The zero-order chi connectivity index (χ0) is 19.1. The monoisotopic (exact) mass is 404 g/mol. The minimum absolute atomic E-state index is 0.00354. The third-order valence-electron chi connectivity index (χ3n) is 4.63. The SMILES string of the molecule is C[C@H](NC(=O)CSc1ccc(Cl)cc1)[C@@H](c1ccccc1)N1CCOCC1. The van der Waals surface area contributed by atoms with Crippen LogP contribution >= 0.6 is 23.4 Å². The Morgan fingerprint density at radius 1 is 1.15 bits per heavy atom. The average molecular weight is 405 g/mol. The summed E-state index contributed by atoms with van der Waals surface area (Å²) in [7, 11) is 0. The predicted molar refractivity (Wildman–Crippen MR) is 111 cm³/mol. The van der Waals surface area contributed by atoms with Crippen LogP contribution in [0.4, 0.5) is 0 Å². The van der Waals surface area contributed by atoms with Gasteiger partial charge in [-0.15, -0.1) is 11.8 Å². The number of halogens is 1. The predicted octanol–water partition coefficient (Wildman–Crippen LogP) is 4.01. The van der Waals surface area contributed by atoms with Gasteiger partial charge in [0, 0.05) is 29.0 Å². The lowest BCUT2D eigenvalue weighted by Crippen LogP contribution is -2.48. The van der Waals surface area contributed by atoms with Crippen LogP contribution in [0.5, 0.6) is 0 Å². The molecule has 0 aromatic heterocycles. The molecule has 0 radical (unpaired) electrons. The Hall–Kier alpha value is -1.53. The summed E-state index contributed by atoms with van der Waals surface area (Å²) in [5.41, 5.74) is 1.22. The summed E-state index contributed by atoms with van der Waals surface area (Å²) in [6.07, 6.45) is 0. The van der Waals surface area contributed by atoms with Gasteiger partial charge in [0.15, 0.2) is 0 Å². The van der Waals surface area contributed by atoms with Crippen molar-refractivity contribution in [3.05, 3.63) is 65.2 Å². The van der Waals surface area contributed by atoms with E-state index in [0.717, 1.165) is 31.2 Å². The number of hydrogen-bond acceptors (Lipinski definition) is 4. The average Bonchev–Trinajstić information content (AvgIpc) is 2.69. The van der Waals surface area contributed by atoms with Crippen molar-refractivity contribution in [1.82, 2.24) is 10.2 Å². The highest BCUT2D eigenvalue weighted by Gasteiger charge is 2.28. The Kier molecular flexibility index (Phi) is 7.59. The molecule has 0 saturated carbocycles. The first-order chi connectivity index (χ1) is 13.1. The van der Waals surface area contributed by atoms with Crippen LogP contribution in [0.1, 0.15) is 18.5 Å². The van der Waals surface area contributed by atoms with Crippen molar-refractivity contribution in [2.24, 2.45) is 0 Å². The van der Waals surface area contributed by atoms with Gasteiger partial charge in [0.05, 0.1) is 25.0 Å². The molecule has 1 heterocycles. The lowest BCUT2D eigenvalue weighted by Gasteiger charge is -2.38. The van der Waals surface area contributed by atoms with E-state index in [1.807, 2.05) is 42.5 Å². The fraction of sp³-hybridized carbons (Fsp3) is 0.381. The molecule has 2 aromatic carbocycles. The Labute approximate surface area is 170 Å². The van der Waals surface area contributed by atoms with Gasteiger partial charge in [0.2, 0.25) is 5.91 Å². The van der Waals surface area contributed by atoms with Gasteiger partial charge in [-0.1, -0.05) is 41.9 Å². The van der Waals surface area contributed by atoms with Gasteiger partial charge in [-0.3, -0.25) is 9.69 Å². The maximum absolute atomic E-state index is 12.5. The van der Waals surface area contributed by atoms with Crippen molar-refractivity contribution in [3.63, 3.8) is 0 Å². The van der Waals surface area contributed by atoms with E-state index in [4.69, 9.17) is 16.3 Å². The lowest BCUT2D eigenvalue weighted by molar-refractivity contribution is -0.119. The van der Waals surface area contributed by atoms with Crippen LogP contribution in [0.3, 0.4) is 0 Å². The van der Waals surface area contributed by atoms with Crippen LogP contribution in [0.25, 0.3) is 0 Å². The van der Waals surface area contributed by atoms with E-state index in [1.54, 1.807) is 0 Å². The number of rotatable bonds is 7. The van der Waals surface area contributed by atoms with Crippen molar-refractivity contribution < 1.29 is 9.53 Å². The number of nitrogens with one attached hydrogen (secondary N) is 1. The molecule has 0 bridgehead atoms. The van der Waals surface area contributed by atoms with E-state index in [-0.39, 0.29) is 18.0 Å². The summed E-state index contributed by atoms with van der Waals surface area (Å²) in [5, 5.41) is 3.89. The van der Waals surface area contributed by atoms with E-state index in [1.165, 1.54) is 17.3 Å². The molecule has 1 aliphatic heterocycles. The summed E-state index contributed by atoms with van der Waals surface area (Å²) in [6, 6.07) is 18.1. The molecule has 2 atom stereocenters. The Morgan fingerprint density at radius 2 is 1.81 bits per heavy atom. The van der Waals surface area contributed by atoms with Gasteiger partial charge in [0.1, 0.15) is 0 Å². The van der Waals surface area contributed by atoms with Gasteiger partial charge < -0.3 is 10.1 Å². The highest BCUT2D eigenvalue weighted by atomic mass is 35.5. The van der Waals surface area contributed by atoms with Crippen molar-refractivity contribution in [1.29, 1.82) is 0 Å². The molecule has 1 aliphatic rings. The summed E-state index contributed by atoms with van der Waals surface area (Å²) >= 11 is 7.43. The number of amides is 1. The molecule has 2 aromatic rings. The maximum atomic E-state index is 12.5. The molecule has 144 valence electrons. The first-order valence-corrected chi connectivity index (χ1v) is 10.5. The van der Waals surface area contributed by atoms with Gasteiger partial charge in [0.25, 0.3) is 0 Å². The van der Waals surface area contributed by atoms with Crippen LogP contribution in [0.2, 0.25) is 5.02 Å². The fourth-order valence-electron chi connectivity index (χ4n) is 3.38. The zero-order valence-corrected chi connectivity index (χ0v) is 17.0. The van der Waals surface area contributed by atoms with Gasteiger partial charge in [-0.25, -0.2) is 0 Å². The van der Waals surface area contributed by atoms with Crippen molar-refractivity contribution >= 4 is 29.3 Å². The summed E-state index contributed by atoms with van der Waals surface area (Å²) in [4.78, 5) is 15.9. The molecule has 0 spiro atoms. The van der Waals surface area contributed by atoms with E-state index in [0.29, 0.717) is 10.8 Å². The number of benzene rings is 2. The molecule has 1 saturated heterocycles. The molecule has 1 fully saturated rings. The number of carbonyl (C=O) groups is 1. The minimum Gasteiger partial charge on any atom is -0.379 e. The lowest BCUT2D eigenvalue weighted by atomic mass is 9.98. The molecule has 27 heavy (non-hydrogen) atoms. The second-order valence-corrected chi connectivity index (χ2v) is 8.09. The normalized spacial score (nSPS) is 17.3. The number of ether oxygens (including phenoxy) is 1. The molecule has 0 aliphatic carbocycles. The topological polar surface area (TPSA) is 41.6 Å². The largest absolute Gasteiger partial charge is 0.379 e. The van der Waals surface area contributed by atoms with Gasteiger partial charge >= 0.3 is 0 Å². The summed E-state index contributed by atoms with van der Waals surface area (Å²) in [6.45, 7) is 5.30. The first kappa shape index (κ1) is 20.2. The number of morpholine rings is 1. The summed E-state index contributed by atoms with van der Waals surface area (Å²) in [5.74, 6) is 0.424. The van der Waals surface area contributed by atoms with Crippen LogP contribution in [0.15, 0.2) is 59.5 Å². The molecule has 3 rings (SSSR count). The smallest absolute Gasteiger partial charge is 0.230 e. The van der Waals surface area contributed by atoms with E-state index in [9.17, 15) is 4.79 Å². The Morgan fingerprint density at radius 3 is 2.48 bits per heavy atom. The first-order valence-electron chi connectivity index (χ1n) is 9.18. The van der Waals surface area contributed by atoms with Gasteiger partial charge in [-0.2, -0.15) is 0 Å². The second kappa shape index (κ2) is 10.1. The Balaban J connectivity index is 1.61. The quantitative estimate of drug-likeness (QED) is 0.708. The fourth-order valence-corrected chi connectivity index (χ4v) is 4.21. The molecular weight excluding hydrogens is 380 g/mol. The molecule has 1 N–H and O–H groups in total.